The van der Waals surface area contributed by atoms with Gasteiger partial charge in [0.1, 0.15) is 5.75 Å². The third kappa shape index (κ3) is 3.01. The number of H-pyrrole nitrogens is 1. The van der Waals surface area contributed by atoms with Crippen LogP contribution in [-0.4, -0.2) is 16.6 Å². The van der Waals surface area contributed by atoms with E-state index < -0.39 is 4.92 Å². The Labute approximate surface area is 126 Å². The van der Waals surface area contributed by atoms with E-state index in [9.17, 15) is 10.1 Å². The Morgan fingerprint density at radius 2 is 1.95 bits per heavy atom. The van der Waals surface area contributed by atoms with E-state index in [1.807, 2.05) is 25.1 Å². The minimum atomic E-state index is -0.422. The van der Waals surface area contributed by atoms with E-state index in [-0.39, 0.29) is 12.4 Å². The molecule has 3 rings (SSSR count). The second-order valence-electron chi connectivity index (χ2n) is 4.97. The van der Waals surface area contributed by atoms with Crippen molar-refractivity contribution >= 4 is 22.3 Å². The largest absolute Gasteiger partial charge is 0.473 e. The highest BCUT2D eigenvalue weighted by atomic mass is 16.6. The lowest BCUT2D eigenvalue weighted by Crippen LogP contribution is -2.08. The number of hydrogen-bond acceptors (Lipinski definition) is 4. The second-order valence-corrected chi connectivity index (χ2v) is 4.97. The van der Waals surface area contributed by atoms with Crippen LogP contribution in [0.5, 0.6) is 5.75 Å². The first kappa shape index (κ1) is 13.9. The summed E-state index contributed by atoms with van der Waals surface area (Å²) in [5.74, 6) is 0.765. The Balaban J connectivity index is 1.60. The first-order valence-electron chi connectivity index (χ1n) is 6.82. The standard InChI is InChI=1S/C16H15N3O3/c1-11-8-12-9-15(6-7-16(12)18-11)22-10-17-13-2-4-14(5-3-13)19(20)21/h2-9,17-18H,10H2,1H3. The molecule has 0 aliphatic heterocycles. The fourth-order valence-electron chi connectivity index (χ4n) is 2.25. The van der Waals surface area contributed by atoms with Crippen molar-refractivity contribution in [2.24, 2.45) is 0 Å². The topological polar surface area (TPSA) is 80.2 Å². The number of nitro benzene ring substituents is 1. The fraction of sp³-hybridized carbons (Fsp3) is 0.125. The van der Waals surface area contributed by atoms with Gasteiger partial charge in [-0.2, -0.15) is 0 Å². The van der Waals surface area contributed by atoms with Gasteiger partial charge in [0.05, 0.1) is 4.92 Å². The number of fused-ring (bicyclic) bond motifs is 1. The average Bonchev–Trinajstić information content (AvgIpc) is 2.87. The number of nitro groups is 1. The van der Waals surface area contributed by atoms with Crippen LogP contribution in [0, 0.1) is 17.0 Å². The summed E-state index contributed by atoms with van der Waals surface area (Å²) in [4.78, 5) is 13.4. The van der Waals surface area contributed by atoms with Crippen LogP contribution in [0.1, 0.15) is 5.69 Å². The number of benzene rings is 2. The highest BCUT2D eigenvalue weighted by Crippen LogP contribution is 2.21. The summed E-state index contributed by atoms with van der Waals surface area (Å²) in [6.07, 6.45) is 0. The van der Waals surface area contributed by atoms with Gasteiger partial charge < -0.3 is 15.0 Å². The molecule has 0 fully saturated rings. The van der Waals surface area contributed by atoms with Crippen LogP contribution in [0.25, 0.3) is 10.9 Å². The van der Waals surface area contributed by atoms with Crippen molar-refractivity contribution < 1.29 is 9.66 Å². The molecular formula is C16H15N3O3. The number of ether oxygens (including phenoxy) is 1. The average molecular weight is 297 g/mol. The van der Waals surface area contributed by atoms with E-state index >= 15 is 0 Å². The quantitative estimate of drug-likeness (QED) is 0.426. The molecule has 0 atom stereocenters. The van der Waals surface area contributed by atoms with Gasteiger partial charge in [0.2, 0.25) is 0 Å². The first-order valence-corrected chi connectivity index (χ1v) is 6.82. The lowest BCUT2D eigenvalue weighted by atomic mass is 10.2. The maximum Gasteiger partial charge on any atom is 0.269 e. The van der Waals surface area contributed by atoms with Gasteiger partial charge in [0.15, 0.2) is 6.73 Å². The Morgan fingerprint density at radius 3 is 2.68 bits per heavy atom. The number of aromatic nitrogens is 1. The van der Waals surface area contributed by atoms with Gasteiger partial charge >= 0.3 is 0 Å². The van der Waals surface area contributed by atoms with Crippen LogP contribution in [0.15, 0.2) is 48.5 Å². The highest BCUT2D eigenvalue weighted by Gasteiger charge is 2.04. The number of aryl methyl sites for hydroxylation is 1. The molecule has 6 heteroatoms. The maximum absolute atomic E-state index is 10.6. The molecule has 0 radical (unpaired) electrons. The van der Waals surface area contributed by atoms with E-state index in [2.05, 4.69) is 16.4 Å². The molecule has 3 aromatic rings. The molecule has 2 N–H and O–H groups in total. The Bertz CT molecular complexity index is 809. The van der Waals surface area contributed by atoms with Crippen LogP contribution < -0.4 is 10.1 Å². The smallest absolute Gasteiger partial charge is 0.269 e. The monoisotopic (exact) mass is 297 g/mol. The predicted octanol–water partition coefficient (Wildman–Crippen LogP) is 3.83. The molecule has 2 aromatic carbocycles. The number of non-ortho nitro benzene ring substituents is 1. The van der Waals surface area contributed by atoms with Crippen molar-refractivity contribution in [3.05, 3.63) is 64.3 Å². The van der Waals surface area contributed by atoms with Gasteiger partial charge in [-0.3, -0.25) is 10.1 Å². The van der Waals surface area contributed by atoms with Crippen LogP contribution in [-0.2, 0) is 0 Å². The lowest BCUT2D eigenvalue weighted by molar-refractivity contribution is -0.384. The number of hydrogen-bond donors (Lipinski definition) is 2. The number of nitrogens with one attached hydrogen (secondary N) is 2. The van der Waals surface area contributed by atoms with Gasteiger partial charge in [-0.25, -0.2) is 0 Å². The van der Waals surface area contributed by atoms with Crippen molar-refractivity contribution in [3.8, 4) is 5.75 Å². The molecule has 0 aliphatic rings. The van der Waals surface area contributed by atoms with Crippen LogP contribution in [0.3, 0.4) is 0 Å². The summed E-state index contributed by atoms with van der Waals surface area (Å²) in [7, 11) is 0. The number of anilines is 1. The minimum Gasteiger partial charge on any atom is -0.473 e. The van der Waals surface area contributed by atoms with Crippen molar-refractivity contribution in [1.29, 1.82) is 0 Å². The summed E-state index contributed by atoms with van der Waals surface area (Å²) in [5.41, 5.74) is 3.02. The molecular weight excluding hydrogens is 282 g/mol. The zero-order valence-electron chi connectivity index (χ0n) is 12.0. The van der Waals surface area contributed by atoms with E-state index in [1.54, 1.807) is 12.1 Å². The van der Waals surface area contributed by atoms with Crippen molar-refractivity contribution in [2.75, 3.05) is 12.0 Å². The molecule has 0 bridgehead atoms. The molecule has 112 valence electrons. The SMILES string of the molecule is Cc1cc2cc(OCNc3ccc([N+](=O)[O-])cc3)ccc2[nH]1. The summed E-state index contributed by atoms with van der Waals surface area (Å²) in [6, 6.07) is 14.1. The van der Waals surface area contributed by atoms with Crippen LogP contribution in [0.4, 0.5) is 11.4 Å². The molecule has 1 aromatic heterocycles. The molecule has 1 heterocycles. The van der Waals surface area contributed by atoms with Crippen molar-refractivity contribution in [2.45, 2.75) is 6.92 Å². The molecule has 22 heavy (non-hydrogen) atoms. The van der Waals surface area contributed by atoms with E-state index in [0.717, 1.165) is 28.0 Å². The van der Waals surface area contributed by atoms with Crippen LogP contribution in [0.2, 0.25) is 0 Å². The summed E-state index contributed by atoms with van der Waals surface area (Å²) < 4.78 is 5.65. The molecule has 0 aliphatic carbocycles. The van der Waals surface area contributed by atoms with Gasteiger partial charge in [-0.15, -0.1) is 0 Å². The molecule has 0 saturated carbocycles. The zero-order valence-corrected chi connectivity index (χ0v) is 12.0. The lowest BCUT2D eigenvalue weighted by Gasteiger charge is -2.09. The van der Waals surface area contributed by atoms with Gasteiger partial charge in [-0.1, -0.05) is 0 Å². The Kier molecular flexibility index (Phi) is 3.65. The third-order valence-corrected chi connectivity index (χ3v) is 3.32. The van der Waals surface area contributed by atoms with Crippen LogP contribution >= 0.6 is 0 Å². The fourth-order valence-corrected chi connectivity index (χ4v) is 2.25. The summed E-state index contributed by atoms with van der Waals surface area (Å²) in [6.45, 7) is 2.30. The first-order chi connectivity index (χ1) is 10.6. The Morgan fingerprint density at radius 1 is 1.18 bits per heavy atom. The summed E-state index contributed by atoms with van der Waals surface area (Å²) in [5, 5.41) is 14.7. The van der Waals surface area contributed by atoms with E-state index in [0.29, 0.717) is 0 Å². The van der Waals surface area contributed by atoms with Gasteiger partial charge in [0.25, 0.3) is 5.69 Å². The van der Waals surface area contributed by atoms with E-state index in [1.165, 1.54) is 12.1 Å². The van der Waals surface area contributed by atoms with Crippen molar-refractivity contribution in [1.82, 2.24) is 4.98 Å². The van der Waals surface area contributed by atoms with Crippen molar-refractivity contribution in [3.63, 3.8) is 0 Å². The predicted molar refractivity (Wildman–Crippen MR) is 85.2 cm³/mol. The van der Waals surface area contributed by atoms with Gasteiger partial charge in [-0.05, 0) is 43.3 Å². The van der Waals surface area contributed by atoms with E-state index in [4.69, 9.17) is 4.74 Å². The normalized spacial score (nSPS) is 10.6. The highest BCUT2D eigenvalue weighted by molar-refractivity contribution is 5.81. The minimum absolute atomic E-state index is 0.0692. The zero-order chi connectivity index (χ0) is 15.5. The second kappa shape index (κ2) is 5.77. The molecule has 6 nitrogen and oxygen atoms in total. The summed E-state index contributed by atoms with van der Waals surface area (Å²) >= 11 is 0. The number of aromatic amines is 1. The molecule has 0 amide bonds. The number of nitrogens with zero attached hydrogens (tertiary/aromatic N) is 1. The van der Waals surface area contributed by atoms with Gasteiger partial charge in [0, 0.05) is 34.4 Å². The molecule has 0 spiro atoms. The number of rotatable bonds is 5. The molecule has 0 saturated heterocycles. The maximum atomic E-state index is 10.6. The Hall–Kier alpha value is -3.02. The third-order valence-electron chi connectivity index (χ3n) is 3.32. The molecule has 0 unspecified atom stereocenters.